The summed E-state index contributed by atoms with van der Waals surface area (Å²) < 4.78 is 14.0. The Balaban J connectivity index is 3.10. The molecule has 3 nitrogen and oxygen atoms in total. The van der Waals surface area contributed by atoms with Crippen LogP contribution in [0.3, 0.4) is 0 Å². The van der Waals surface area contributed by atoms with Gasteiger partial charge in [0.05, 0.1) is 11.3 Å². The average molecular weight is 267 g/mol. The number of carboxylic acids is 1. The number of anilines is 1. The largest absolute Gasteiger partial charge is 0.478 e. The van der Waals surface area contributed by atoms with Crippen LogP contribution >= 0.6 is 0 Å². The van der Waals surface area contributed by atoms with Crippen molar-refractivity contribution in [2.24, 2.45) is 0 Å². The van der Waals surface area contributed by atoms with Crippen molar-refractivity contribution in [1.29, 1.82) is 0 Å². The number of hydrogen-bond acceptors (Lipinski definition) is 2. The summed E-state index contributed by atoms with van der Waals surface area (Å²) in [5.41, 5.74) is 0.242. The third-order valence-corrected chi connectivity index (χ3v) is 3.13. The fraction of sp³-hybridized carbons (Fsp3) is 0.533. The lowest BCUT2D eigenvalue weighted by Gasteiger charge is -2.30. The molecule has 0 radical (unpaired) electrons. The van der Waals surface area contributed by atoms with Crippen LogP contribution in [-0.4, -0.2) is 23.7 Å². The van der Waals surface area contributed by atoms with Crippen molar-refractivity contribution in [3.63, 3.8) is 0 Å². The van der Waals surface area contributed by atoms with Crippen LogP contribution in [0.1, 0.15) is 50.4 Å². The van der Waals surface area contributed by atoms with Gasteiger partial charge in [-0.05, 0) is 32.4 Å². The van der Waals surface area contributed by atoms with Gasteiger partial charge in [0.15, 0.2) is 0 Å². The summed E-state index contributed by atoms with van der Waals surface area (Å²) in [4.78, 5) is 13.1. The van der Waals surface area contributed by atoms with E-state index in [4.69, 9.17) is 0 Å². The highest BCUT2D eigenvalue weighted by atomic mass is 19.1. The van der Waals surface area contributed by atoms with E-state index >= 15 is 0 Å². The lowest BCUT2D eigenvalue weighted by atomic mass is 10.1. The predicted octanol–water partition coefficient (Wildman–Crippen LogP) is 3.93. The number of rotatable bonds is 7. The van der Waals surface area contributed by atoms with Crippen LogP contribution < -0.4 is 4.90 Å². The van der Waals surface area contributed by atoms with Crippen molar-refractivity contribution < 1.29 is 14.3 Å². The van der Waals surface area contributed by atoms with E-state index < -0.39 is 11.8 Å². The van der Waals surface area contributed by atoms with Gasteiger partial charge in [-0.15, -0.1) is 0 Å². The molecule has 0 unspecified atom stereocenters. The highest BCUT2D eigenvalue weighted by Crippen LogP contribution is 2.27. The van der Waals surface area contributed by atoms with Crippen molar-refractivity contribution in [3.8, 4) is 0 Å². The van der Waals surface area contributed by atoms with Gasteiger partial charge in [-0.2, -0.15) is 0 Å². The number of para-hydroxylation sites is 1. The molecular formula is C15H22FNO2. The molecule has 0 aromatic heterocycles. The maximum absolute atomic E-state index is 14.0. The molecule has 0 spiro atoms. The Kier molecular flexibility index (Phi) is 5.80. The second kappa shape index (κ2) is 7.12. The van der Waals surface area contributed by atoms with Crippen LogP contribution in [0.15, 0.2) is 18.2 Å². The summed E-state index contributed by atoms with van der Waals surface area (Å²) in [5, 5.41) is 9.20. The van der Waals surface area contributed by atoms with Crippen LogP contribution in [0.25, 0.3) is 0 Å². The van der Waals surface area contributed by atoms with E-state index in [1.807, 2.05) is 18.7 Å². The van der Waals surface area contributed by atoms with Gasteiger partial charge in [0, 0.05) is 12.6 Å². The number of halogens is 1. The first-order valence-corrected chi connectivity index (χ1v) is 6.77. The zero-order valence-corrected chi connectivity index (χ0v) is 11.8. The molecule has 0 atom stereocenters. The summed E-state index contributed by atoms with van der Waals surface area (Å²) in [5.74, 6) is -1.55. The molecule has 0 amide bonds. The van der Waals surface area contributed by atoms with Crippen LogP contribution in [-0.2, 0) is 0 Å². The van der Waals surface area contributed by atoms with Crippen molar-refractivity contribution in [1.82, 2.24) is 0 Å². The molecule has 0 heterocycles. The molecule has 1 N–H and O–H groups in total. The first kappa shape index (κ1) is 15.5. The molecule has 106 valence electrons. The van der Waals surface area contributed by atoms with Crippen molar-refractivity contribution in [2.45, 2.75) is 46.1 Å². The Bertz CT molecular complexity index is 432. The van der Waals surface area contributed by atoms with Gasteiger partial charge in [-0.1, -0.05) is 25.8 Å². The average Bonchev–Trinajstić information content (AvgIpc) is 2.34. The lowest BCUT2D eigenvalue weighted by Crippen LogP contribution is -2.34. The Morgan fingerprint density at radius 3 is 2.58 bits per heavy atom. The standard InChI is InChI=1S/C15H22FNO2/c1-4-5-6-10-17(11(2)3)14-12(15(18)19)8-7-9-13(14)16/h7-9,11H,4-6,10H2,1-3H3,(H,18,19). The quantitative estimate of drug-likeness (QED) is 0.761. The first-order chi connectivity index (χ1) is 8.99. The zero-order chi connectivity index (χ0) is 14.4. The maximum Gasteiger partial charge on any atom is 0.337 e. The monoisotopic (exact) mass is 267 g/mol. The number of benzene rings is 1. The smallest absolute Gasteiger partial charge is 0.337 e. The molecule has 19 heavy (non-hydrogen) atoms. The fourth-order valence-corrected chi connectivity index (χ4v) is 2.14. The van der Waals surface area contributed by atoms with E-state index in [2.05, 4.69) is 6.92 Å². The van der Waals surface area contributed by atoms with Gasteiger partial charge in [0.1, 0.15) is 5.82 Å². The fourth-order valence-electron chi connectivity index (χ4n) is 2.14. The minimum Gasteiger partial charge on any atom is -0.478 e. The lowest BCUT2D eigenvalue weighted by molar-refractivity contribution is 0.0697. The van der Waals surface area contributed by atoms with Gasteiger partial charge in [0.25, 0.3) is 0 Å². The topological polar surface area (TPSA) is 40.5 Å². The molecule has 0 aliphatic heterocycles. The third kappa shape index (κ3) is 3.94. The van der Waals surface area contributed by atoms with Gasteiger partial charge in [-0.3, -0.25) is 0 Å². The normalized spacial score (nSPS) is 10.8. The molecule has 0 aliphatic rings. The maximum atomic E-state index is 14.0. The van der Waals surface area contributed by atoms with Crippen molar-refractivity contribution in [3.05, 3.63) is 29.6 Å². The number of carboxylic acid groups (broad SMARTS) is 1. The third-order valence-electron chi connectivity index (χ3n) is 3.13. The Labute approximate surface area is 114 Å². The minimum absolute atomic E-state index is 0.0326. The molecule has 1 rings (SSSR count). The Morgan fingerprint density at radius 1 is 1.37 bits per heavy atom. The molecule has 4 heteroatoms. The number of nitrogens with zero attached hydrogens (tertiary/aromatic N) is 1. The van der Waals surface area contributed by atoms with E-state index in [-0.39, 0.29) is 17.3 Å². The number of hydrogen-bond donors (Lipinski definition) is 1. The highest BCUT2D eigenvalue weighted by molar-refractivity contribution is 5.94. The second-order valence-electron chi connectivity index (χ2n) is 4.94. The SMILES string of the molecule is CCCCCN(c1c(F)cccc1C(=O)O)C(C)C. The van der Waals surface area contributed by atoms with E-state index in [0.29, 0.717) is 6.54 Å². The molecule has 0 bridgehead atoms. The highest BCUT2D eigenvalue weighted by Gasteiger charge is 2.21. The Morgan fingerprint density at radius 2 is 2.05 bits per heavy atom. The number of unbranched alkanes of at least 4 members (excludes halogenated alkanes) is 2. The Hall–Kier alpha value is -1.58. The van der Waals surface area contributed by atoms with E-state index in [1.165, 1.54) is 18.2 Å². The van der Waals surface area contributed by atoms with Gasteiger partial charge in [0.2, 0.25) is 0 Å². The van der Waals surface area contributed by atoms with Crippen molar-refractivity contribution in [2.75, 3.05) is 11.4 Å². The summed E-state index contributed by atoms with van der Waals surface area (Å²) in [6.07, 6.45) is 3.07. The summed E-state index contributed by atoms with van der Waals surface area (Å²) in [7, 11) is 0. The van der Waals surface area contributed by atoms with Gasteiger partial charge >= 0.3 is 5.97 Å². The van der Waals surface area contributed by atoms with Gasteiger partial charge < -0.3 is 10.0 Å². The van der Waals surface area contributed by atoms with E-state index in [1.54, 1.807) is 0 Å². The molecular weight excluding hydrogens is 245 g/mol. The molecule has 1 aromatic rings. The van der Waals surface area contributed by atoms with Gasteiger partial charge in [-0.25, -0.2) is 9.18 Å². The van der Waals surface area contributed by atoms with Crippen LogP contribution in [0, 0.1) is 5.82 Å². The van der Waals surface area contributed by atoms with Crippen LogP contribution in [0.5, 0.6) is 0 Å². The van der Waals surface area contributed by atoms with Crippen molar-refractivity contribution >= 4 is 11.7 Å². The predicted molar refractivity (Wildman–Crippen MR) is 75.4 cm³/mol. The minimum atomic E-state index is -1.09. The molecule has 0 aliphatic carbocycles. The molecule has 0 fully saturated rings. The first-order valence-electron chi connectivity index (χ1n) is 6.77. The van der Waals surface area contributed by atoms with Crippen LogP contribution in [0.4, 0.5) is 10.1 Å². The van der Waals surface area contributed by atoms with Crippen LogP contribution in [0.2, 0.25) is 0 Å². The number of aromatic carboxylic acids is 1. The van der Waals surface area contributed by atoms with E-state index in [9.17, 15) is 14.3 Å². The zero-order valence-electron chi connectivity index (χ0n) is 11.8. The molecule has 0 saturated heterocycles. The summed E-state index contributed by atoms with van der Waals surface area (Å²) >= 11 is 0. The molecule has 0 saturated carbocycles. The summed E-state index contributed by atoms with van der Waals surface area (Å²) in [6.45, 7) is 6.67. The second-order valence-corrected chi connectivity index (χ2v) is 4.94. The molecule has 1 aromatic carbocycles. The number of carbonyl (C=O) groups is 1. The summed E-state index contributed by atoms with van der Waals surface area (Å²) in [6, 6.07) is 4.27. The van der Waals surface area contributed by atoms with E-state index in [0.717, 1.165) is 19.3 Å².